The smallest absolute Gasteiger partial charge is 0.224 e. The Labute approximate surface area is 114 Å². The summed E-state index contributed by atoms with van der Waals surface area (Å²) in [7, 11) is 0. The molecule has 2 aromatic rings. The summed E-state index contributed by atoms with van der Waals surface area (Å²) in [5.41, 5.74) is -0.171. The first-order valence-corrected chi connectivity index (χ1v) is 5.91. The fourth-order valence-corrected chi connectivity index (χ4v) is 1.65. The van der Waals surface area contributed by atoms with Gasteiger partial charge in [0.05, 0.1) is 0 Å². The minimum absolute atomic E-state index is 0.0966. The molecule has 0 amide bonds. The Kier molecular flexibility index (Phi) is 3.93. The second-order valence-corrected chi connectivity index (χ2v) is 4.01. The Morgan fingerprint density at radius 1 is 1.42 bits per heavy atom. The lowest BCUT2D eigenvalue weighted by Crippen LogP contribution is -1.98. The van der Waals surface area contributed by atoms with E-state index in [9.17, 15) is 4.39 Å². The van der Waals surface area contributed by atoms with E-state index < -0.39 is 5.82 Å². The van der Waals surface area contributed by atoms with Crippen molar-refractivity contribution in [2.75, 3.05) is 0 Å². The van der Waals surface area contributed by atoms with Crippen molar-refractivity contribution in [3.8, 4) is 17.7 Å². The van der Waals surface area contributed by atoms with E-state index in [4.69, 9.17) is 21.6 Å². The number of ether oxygens (including phenoxy) is 1. The third-order valence-electron chi connectivity index (χ3n) is 2.34. The number of hydrogen-bond acceptors (Lipinski definition) is 4. The number of halogens is 2. The van der Waals surface area contributed by atoms with Crippen molar-refractivity contribution in [1.82, 2.24) is 9.97 Å². The van der Waals surface area contributed by atoms with Crippen LogP contribution in [-0.2, 0) is 6.42 Å². The quantitative estimate of drug-likeness (QED) is 0.806. The third-order valence-corrected chi connectivity index (χ3v) is 2.53. The molecule has 0 spiro atoms. The topological polar surface area (TPSA) is 58.8 Å². The first-order chi connectivity index (χ1) is 9.13. The van der Waals surface area contributed by atoms with Gasteiger partial charge in [0.15, 0.2) is 0 Å². The summed E-state index contributed by atoms with van der Waals surface area (Å²) in [6, 6.07) is 7.29. The van der Waals surface area contributed by atoms with Crippen LogP contribution in [-0.4, -0.2) is 9.97 Å². The Hall–Kier alpha value is -2.19. The molecule has 1 heterocycles. The Morgan fingerprint density at radius 3 is 2.89 bits per heavy atom. The Morgan fingerprint density at radius 2 is 2.21 bits per heavy atom. The van der Waals surface area contributed by atoms with Gasteiger partial charge in [0.25, 0.3) is 0 Å². The molecular formula is C13H9ClFN3O. The van der Waals surface area contributed by atoms with Gasteiger partial charge in [0.2, 0.25) is 5.88 Å². The molecule has 0 saturated heterocycles. The van der Waals surface area contributed by atoms with Gasteiger partial charge in [-0.1, -0.05) is 24.6 Å². The summed E-state index contributed by atoms with van der Waals surface area (Å²) in [4.78, 5) is 8.09. The van der Waals surface area contributed by atoms with Crippen LogP contribution in [0.2, 0.25) is 5.15 Å². The SMILES string of the molecule is CCc1nc(Cl)cc(Oc2cccc(F)c2C#N)n1. The van der Waals surface area contributed by atoms with Crippen LogP contribution in [0.25, 0.3) is 0 Å². The van der Waals surface area contributed by atoms with Crippen LogP contribution in [0, 0.1) is 17.1 Å². The molecule has 4 nitrogen and oxygen atoms in total. The van der Waals surface area contributed by atoms with Crippen LogP contribution in [0.15, 0.2) is 24.3 Å². The van der Waals surface area contributed by atoms with Gasteiger partial charge in [-0.25, -0.2) is 9.37 Å². The Bertz CT molecular complexity index is 655. The molecule has 19 heavy (non-hydrogen) atoms. The summed E-state index contributed by atoms with van der Waals surface area (Å²) >= 11 is 5.83. The monoisotopic (exact) mass is 277 g/mol. The molecule has 0 aliphatic rings. The fourth-order valence-electron chi connectivity index (χ4n) is 1.46. The van der Waals surface area contributed by atoms with Crippen molar-refractivity contribution < 1.29 is 9.13 Å². The Balaban J connectivity index is 2.39. The van der Waals surface area contributed by atoms with E-state index in [0.717, 1.165) is 0 Å². The molecule has 0 N–H and O–H groups in total. The maximum atomic E-state index is 13.4. The first-order valence-electron chi connectivity index (χ1n) is 5.54. The van der Waals surface area contributed by atoms with Gasteiger partial charge in [-0.3, -0.25) is 0 Å². The summed E-state index contributed by atoms with van der Waals surface area (Å²) < 4.78 is 18.8. The predicted octanol–water partition coefficient (Wildman–Crippen LogP) is 3.50. The molecule has 0 unspecified atom stereocenters. The highest BCUT2D eigenvalue weighted by atomic mass is 35.5. The molecule has 0 bridgehead atoms. The second kappa shape index (κ2) is 5.63. The first kappa shape index (κ1) is 13.2. The molecule has 0 fully saturated rings. The number of aromatic nitrogens is 2. The van der Waals surface area contributed by atoms with Crippen LogP contribution in [0.1, 0.15) is 18.3 Å². The maximum absolute atomic E-state index is 13.4. The number of hydrogen-bond donors (Lipinski definition) is 0. The van der Waals surface area contributed by atoms with E-state index in [1.54, 1.807) is 6.07 Å². The zero-order valence-electron chi connectivity index (χ0n) is 10.0. The highest BCUT2D eigenvalue weighted by Gasteiger charge is 2.11. The third kappa shape index (κ3) is 2.98. The normalized spacial score (nSPS) is 10.0. The van der Waals surface area contributed by atoms with Gasteiger partial charge >= 0.3 is 0 Å². The van der Waals surface area contributed by atoms with Crippen molar-refractivity contribution in [2.24, 2.45) is 0 Å². The molecule has 2 rings (SSSR count). The van der Waals surface area contributed by atoms with Gasteiger partial charge in [0.1, 0.15) is 34.2 Å². The average Bonchev–Trinajstić information content (AvgIpc) is 2.38. The summed E-state index contributed by atoms with van der Waals surface area (Å²) in [6.07, 6.45) is 0.588. The molecule has 6 heteroatoms. The molecule has 0 aliphatic heterocycles. The van der Waals surface area contributed by atoms with Crippen LogP contribution < -0.4 is 4.74 Å². The van der Waals surface area contributed by atoms with Crippen molar-refractivity contribution in [1.29, 1.82) is 5.26 Å². The summed E-state index contributed by atoms with van der Waals surface area (Å²) in [6.45, 7) is 1.87. The number of rotatable bonds is 3. The zero-order chi connectivity index (χ0) is 13.8. The lowest BCUT2D eigenvalue weighted by Gasteiger charge is -2.08. The molecule has 1 aromatic carbocycles. The van der Waals surface area contributed by atoms with Crippen LogP contribution in [0.3, 0.4) is 0 Å². The molecule has 0 saturated carbocycles. The van der Waals surface area contributed by atoms with Crippen molar-refractivity contribution in [2.45, 2.75) is 13.3 Å². The van der Waals surface area contributed by atoms with Crippen molar-refractivity contribution >= 4 is 11.6 Å². The predicted molar refractivity (Wildman–Crippen MR) is 67.6 cm³/mol. The van der Waals surface area contributed by atoms with Crippen LogP contribution in [0.4, 0.5) is 4.39 Å². The van der Waals surface area contributed by atoms with E-state index in [2.05, 4.69) is 9.97 Å². The van der Waals surface area contributed by atoms with Gasteiger partial charge in [-0.05, 0) is 12.1 Å². The standard InChI is InChI=1S/C13H9ClFN3O/c1-2-12-17-11(14)6-13(18-12)19-10-5-3-4-9(15)8(10)7-16/h3-6H,2H2,1H3. The van der Waals surface area contributed by atoms with Crippen LogP contribution in [0.5, 0.6) is 11.6 Å². The summed E-state index contributed by atoms with van der Waals surface area (Å²) in [5.74, 6) is 0.145. The van der Waals surface area contributed by atoms with E-state index in [-0.39, 0.29) is 22.3 Å². The minimum Gasteiger partial charge on any atom is -0.437 e. The van der Waals surface area contributed by atoms with E-state index in [1.165, 1.54) is 24.3 Å². The van der Waals surface area contributed by atoms with E-state index >= 15 is 0 Å². The van der Waals surface area contributed by atoms with E-state index in [0.29, 0.717) is 12.2 Å². The minimum atomic E-state index is -0.643. The molecular weight excluding hydrogens is 269 g/mol. The number of nitrogens with zero attached hydrogens (tertiary/aromatic N) is 3. The fraction of sp³-hybridized carbons (Fsp3) is 0.154. The number of nitriles is 1. The van der Waals surface area contributed by atoms with Crippen molar-refractivity contribution in [3.63, 3.8) is 0 Å². The molecule has 0 aliphatic carbocycles. The molecule has 96 valence electrons. The zero-order valence-corrected chi connectivity index (χ0v) is 10.8. The van der Waals surface area contributed by atoms with Gasteiger partial charge in [-0.2, -0.15) is 10.2 Å². The van der Waals surface area contributed by atoms with Gasteiger partial charge in [-0.15, -0.1) is 0 Å². The largest absolute Gasteiger partial charge is 0.437 e. The highest BCUT2D eigenvalue weighted by molar-refractivity contribution is 6.29. The van der Waals surface area contributed by atoms with Gasteiger partial charge < -0.3 is 4.74 Å². The van der Waals surface area contributed by atoms with E-state index in [1.807, 2.05) is 6.92 Å². The average molecular weight is 278 g/mol. The lowest BCUT2D eigenvalue weighted by atomic mass is 10.2. The number of benzene rings is 1. The number of aryl methyl sites for hydroxylation is 1. The second-order valence-electron chi connectivity index (χ2n) is 3.63. The lowest BCUT2D eigenvalue weighted by molar-refractivity contribution is 0.452. The summed E-state index contributed by atoms with van der Waals surface area (Å²) in [5, 5.41) is 9.14. The van der Waals surface area contributed by atoms with Crippen LogP contribution >= 0.6 is 11.6 Å². The van der Waals surface area contributed by atoms with Crippen molar-refractivity contribution in [3.05, 3.63) is 46.6 Å². The molecule has 1 aromatic heterocycles. The maximum Gasteiger partial charge on any atom is 0.224 e. The van der Waals surface area contributed by atoms with Gasteiger partial charge in [0, 0.05) is 12.5 Å². The molecule has 0 atom stereocenters. The molecule has 0 radical (unpaired) electrons. The highest BCUT2D eigenvalue weighted by Crippen LogP contribution is 2.26.